The highest BCUT2D eigenvalue weighted by atomic mass is 35.5. The maximum atomic E-state index is 11.9. The number of hydrogen-bond donors (Lipinski definition) is 2. The third kappa shape index (κ3) is 6.02. The minimum Gasteiger partial charge on any atom is -0.346 e. The molecule has 120 valence electrons. The summed E-state index contributed by atoms with van der Waals surface area (Å²) in [7, 11) is 0. The lowest BCUT2D eigenvalue weighted by Crippen LogP contribution is -2.41. The van der Waals surface area contributed by atoms with E-state index in [9.17, 15) is 4.79 Å². The molecule has 6 heteroatoms. The molecule has 0 aliphatic heterocycles. The molecular weight excluding hydrogens is 321 g/mol. The summed E-state index contributed by atoms with van der Waals surface area (Å²) in [6.07, 6.45) is 2.42. The fourth-order valence-electron chi connectivity index (χ4n) is 1.96. The van der Waals surface area contributed by atoms with E-state index >= 15 is 0 Å². The largest absolute Gasteiger partial charge is 0.346 e. The van der Waals surface area contributed by atoms with Gasteiger partial charge in [-0.3, -0.25) is 9.78 Å². The molecule has 0 aliphatic rings. The highest BCUT2D eigenvalue weighted by molar-refractivity contribution is 5.85. The van der Waals surface area contributed by atoms with E-state index in [-0.39, 0.29) is 36.8 Å². The minimum absolute atomic E-state index is 0. The van der Waals surface area contributed by atoms with Crippen molar-refractivity contribution < 1.29 is 4.79 Å². The number of nitrogens with zero attached hydrogens (tertiary/aromatic N) is 1. The standard InChI is InChI=1S/C16H19N3O.2ClH/c1-12(17)16(20)19-15(14-9-5-6-10-18-14)11-13-7-3-2-4-8-13;;/h2-10,12,15H,11,17H2,1H3,(H,19,20);2*1H/t12-,15?;;/m0../s1. The van der Waals surface area contributed by atoms with E-state index in [1.54, 1.807) is 13.1 Å². The summed E-state index contributed by atoms with van der Waals surface area (Å²) in [5, 5.41) is 2.95. The molecule has 3 N–H and O–H groups in total. The van der Waals surface area contributed by atoms with Gasteiger partial charge in [0.1, 0.15) is 0 Å². The van der Waals surface area contributed by atoms with Gasteiger partial charge in [0, 0.05) is 6.20 Å². The van der Waals surface area contributed by atoms with E-state index < -0.39 is 6.04 Å². The van der Waals surface area contributed by atoms with Crippen LogP contribution in [0.5, 0.6) is 0 Å². The number of nitrogens with two attached hydrogens (primary N) is 1. The van der Waals surface area contributed by atoms with Gasteiger partial charge in [-0.05, 0) is 31.0 Å². The van der Waals surface area contributed by atoms with Crippen molar-refractivity contribution in [2.45, 2.75) is 25.4 Å². The monoisotopic (exact) mass is 341 g/mol. The topological polar surface area (TPSA) is 68.0 Å². The number of nitrogens with one attached hydrogen (secondary N) is 1. The minimum atomic E-state index is -0.531. The summed E-state index contributed by atoms with van der Waals surface area (Å²) in [6, 6.07) is 15.0. The lowest BCUT2D eigenvalue weighted by Gasteiger charge is -2.19. The number of amides is 1. The van der Waals surface area contributed by atoms with Crippen LogP contribution in [-0.2, 0) is 11.2 Å². The maximum absolute atomic E-state index is 11.9. The van der Waals surface area contributed by atoms with E-state index in [1.807, 2.05) is 48.5 Å². The molecule has 22 heavy (non-hydrogen) atoms. The number of carbonyl (C=O) groups is 1. The molecule has 2 atom stereocenters. The fourth-order valence-corrected chi connectivity index (χ4v) is 1.96. The quantitative estimate of drug-likeness (QED) is 0.878. The molecular formula is C16H21Cl2N3O. The molecule has 0 radical (unpaired) electrons. The summed E-state index contributed by atoms with van der Waals surface area (Å²) in [4.78, 5) is 16.2. The highest BCUT2D eigenvalue weighted by Crippen LogP contribution is 2.16. The molecule has 0 saturated heterocycles. The van der Waals surface area contributed by atoms with Crippen LogP contribution in [0.2, 0.25) is 0 Å². The van der Waals surface area contributed by atoms with Crippen LogP contribution in [0.4, 0.5) is 0 Å². The van der Waals surface area contributed by atoms with Crippen molar-refractivity contribution in [3.63, 3.8) is 0 Å². The van der Waals surface area contributed by atoms with Crippen LogP contribution in [-0.4, -0.2) is 16.9 Å². The molecule has 1 heterocycles. The average molecular weight is 342 g/mol. The second kappa shape index (κ2) is 10.2. The zero-order chi connectivity index (χ0) is 14.4. The number of carbonyl (C=O) groups excluding carboxylic acids is 1. The van der Waals surface area contributed by atoms with Crippen LogP contribution in [0.25, 0.3) is 0 Å². The summed E-state index contributed by atoms with van der Waals surface area (Å²) in [5.41, 5.74) is 7.61. The molecule has 0 fully saturated rings. The van der Waals surface area contributed by atoms with Crippen LogP contribution in [0.15, 0.2) is 54.7 Å². The average Bonchev–Trinajstić information content (AvgIpc) is 2.48. The number of benzene rings is 1. The van der Waals surface area contributed by atoms with Crippen molar-refractivity contribution in [1.82, 2.24) is 10.3 Å². The Balaban J connectivity index is 0.00000220. The molecule has 2 aromatic rings. The van der Waals surface area contributed by atoms with Crippen molar-refractivity contribution in [2.75, 3.05) is 0 Å². The predicted molar refractivity (Wildman–Crippen MR) is 93.4 cm³/mol. The van der Waals surface area contributed by atoms with Gasteiger partial charge in [0.05, 0.1) is 17.8 Å². The van der Waals surface area contributed by atoms with Gasteiger partial charge in [0.15, 0.2) is 0 Å². The molecule has 1 amide bonds. The molecule has 1 unspecified atom stereocenters. The molecule has 0 spiro atoms. The Morgan fingerprint density at radius 1 is 1.14 bits per heavy atom. The Kier molecular flexibility index (Phi) is 9.42. The lowest BCUT2D eigenvalue weighted by atomic mass is 10.0. The molecule has 0 aliphatic carbocycles. The summed E-state index contributed by atoms with van der Waals surface area (Å²) in [5.74, 6) is -0.170. The number of hydrogen-bond acceptors (Lipinski definition) is 3. The maximum Gasteiger partial charge on any atom is 0.237 e. The van der Waals surface area contributed by atoms with Crippen molar-refractivity contribution in [3.8, 4) is 0 Å². The van der Waals surface area contributed by atoms with E-state index in [1.165, 1.54) is 0 Å². The smallest absolute Gasteiger partial charge is 0.237 e. The number of aromatic nitrogens is 1. The first-order valence-electron chi connectivity index (χ1n) is 6.67. The highest BCUT2D eigenvalue weighted by Gasteiger charge is 2.18. The third-order valence-corrected chi connectivity index (χ3v) is 3.06. The van der Waals surface area contributed by atoms with Crippen molar-refractivity contribution in [2.24, 2.45) is 5.73 Å². The van der Waals surface area contributed by atoms with Gasteiger partial charge in [-0.15, -0.1) is 24.8 Å². The fraction of sp³-hybridized carbons (Fsp3) is 0.250. The number of pyridine rings is 1. The normalized spacial score (nSPS) is 12.3. The molecule has 1 aromatic carbocycles. The Labute approximate surface area is 143 Å². The summed E-state index contributed by atoms with van der Waals surface area (Å²) in [6.45, 7) is 1.67. The molecule has 2 rings (SSSR count). The first-order chi connectivity index (χ1) is 9.66. The zero-order valence-corrected chi connectivity index (χ0v) is 13.9. The molecule has 1 aromatic heterocycles. The predicted octanol–water partition coefficient (Wildman–Crippen LogP) is 2.67. The lowest BCUT2D eigenvalue weighted by molar-refractivity contribution is -0.122. The van der Waals surface area contributed by atoms with Crippen LogP contribution < -0.4 is 11.1 Å². The molecule has 4 nitrogen and oxygen atoms in total. The van der Waals surface area contributed by atoms with Gasteiger partial charge < -0.3 is 11.1 Å². The molecule has 0 bridgehead atoms. The Morgan fingerprint density at radius 3 is 2.32 bits per heavy atom. The van der Waals surface area contributed by atoms with Gasteiger partial charge in [0.2, 0.25) is 5.91 Å². The van der Waals surface area contributed by atoms with Gasteiger partial charge in [-0.2, -0.15) is 0 Å². The van der Waals surface area contributed by atoms with Gasteiger partial charge in [-0.25, -0.2) is 0 Å². The van der Waals surface area contributed by atoms with E-state index in [0.29, 0.717) is 6.42 Å². The second-order valence-corrected chi connectivity index (χ2v) is 4.79. The second-order valence-electron chi connectivity index (χ2n) is 4.79. The summed E-state index contributed by atoms with van der Waals surface area (Å²) < 4.78 is 0. The third-order valence-electron chi connectivity index (χ3n) is 3.06. The summed E-state index contributed by atoms with van der Waals surface area (Å²) >= 11 is 0. The van der Waals surface area contributed by atoms with E-state index in [0.717, 1.165) is 11.3 Å². The van der Waals surface area contributed by atoms with Crippen molar-refractivity contribution in [1.29, 1.82) is 0 Å². The Hall–Kier alpha value is -1.62. The SMILES string of the molecule is C[C@H](N)C(=O)NC(Cc1ccccc1)c1ccccn1.Cl.Cl. The van der Waals surface area contributed by atoms with E-state index in [2.05, 4.69) is 10.3 Å². The van der Waals surface area contributed by atoms with Gasteiger partial charge >= 0.3 is 0 Å². The molecule has 0 saturated carbocycles. The Morgan fingerprint density at radius 2 is 1.77 bits per heavy atom. The van der Waals surface area contributed by atoms with Crippen LogP contribution >= 0.6 is 24.8 Å². The van der Waals surface area contributed by atoms with Crippen LogP contribution in [0, 0.1) is 0 Å². The number of rotatable bonds is 5. The van der Waals surface area contributed by atoms with Crippen molar-refractivity contribution in [3.05, 3.63) is 66.0 Å². The Bertz CT molecular complexity index is 550. The first kappa shape index (κ1) is 20.4. The van der Waals surface area contributed by atoms with Gasteiger partial charge in [0.25, 0.3) is 0 Å². The van der Waals surface area contributed by atoms with Crippen LogP contribution in [0.3, 0.4) is 0 Å². The van der Waals surface area contributed by atoms with E-state index in [4.69, 9.17) is 5.73 Å². The number of halogens is 2. The first-order valence-corrected chi connectivity index (χ1v) is 6.67. The zero-order valence-electron chi connectivity index (χ0n) is 12.3. The van der Waals surface area contributed by atoms with Gasteiger partial charge in [-0.1, -0.05) is 36.4 Å². The van der Waals surface area contributed by atoms with Crippen molar-refractivity contribution >= 4 is 30.7 Å². The van der Waals surface area contributed by atoms with Crippen LogP contribution in [0.1, 0.15) is 24.2 Å².